The van der Waals surface area contributed by atoms with Crippen molar-refractivity contribution in [3.8, 4) is 5.75 Å². The summed E-state index contributed by atoms with van der Waals surface area (Å²) in [6.07, 6.45) is 0.384. The number of hydrogen-bond donors (Lipinski definition) is 1. The molecule has 2 rings (SSSR count). The molecule has 7 nitrogen and oxygen atoms in total. The maximum atomic E-state index is 12.9. The van der Waals surface area contributed by atoms with E-state index in [0.717, 1.165) is 3.97 Å². The molecule has 0 bridgehead atoms. The standard InChI is InChI=1S/C18H23BrN2O5S/c1-18(2,3)12-20(17(22)23)10-13-9-16(19)21(11-13)27(24,25)15-7-5-14(26-4)6-8-15/h5-9,11H,10,12H2,1-4H3,(H,22,23). The lowest BCUT2D eigenvalue weighted by atomic mass is 9.96. The van der Waals surface area contributed by atoms with Gasteiger partial charge in [0.1, 0.15) is 10.4 Å². The summed E-state index contributed by atoms with van der Waals surface area (Å²) >= 11 is 3.26. The monoisotopic (exact) mass is 458 g/mol. The minimum Gasteiger partial charge on any atom is -0.497 e. The third-order valence-electron chi connectivity index (χ3n) is 3.72. The summed E-state index contributed by atoms with van der Waals surface area (Å²) in [4.78, 5) is 12.9. The summed E-state index contributed by atoms with van der Waals surface area (Å²) in [5.41, 5.74) is 0.360. The zero-order valence-electron chi connectivity index (χ0n) is 15.6. The van der Waals surface area contributed by atoms with Crippen LogP contribution in [0.3, 0.4) is 0 Å². The van der Waals surface area contributed by atoms with E-state index < -0.39 is 16.1 Å². The molecule has 0 fully saturated rings. The minimum absolute atomic E-state index is 0.0936. The summed E-state index contributed by atoms with van der Waals surface area (Å²) < 4.78 is 32.2. The van der Waals surface area contributed by atoms with E-state index in [2.05, 4.69) is 15.9 Å². The fourth-order valence-corrected chi connectivity index (χ4v) is 4.81. The van der Waals surface area contributed by atoms with Crippen LogP contribution < -0.4 is 4.74 Å². The smallest absolute Gasteiger partial charge is 0.407 e. The first-order chi connectivity index (χ1) is 12.4. The van der Waals surface area contributed by atoms with Gasteiger partial charge in [-0.1, -0.05) is 20.8 Å². The lowest BCUT2D eigenvalue weighted by molar-refractivity contribution is 0.123. The van der Waals surface area contributed by atoms with Crippen LogP contribution in [-0.4, -0.2) is 42.1 Å². The highest BCUT2D eigenvalue weighted by atomic mass is 79.9. The zero-order chi connectivity index (χ0) is 20.4. The molecule has 0 saturated carbocycles. The third kappa shape index (κ3) is 5.26. The second-order valence-corrected chi connectivity index (χ2v) is 9.97. The quantitative estimate of drug-likeness (QED) is 0.705. The summed E-state index contributed by atoms with van der Waals surface area (Å²) in [6, 6.07) is 7.67. The molecule has 0 aliphatic heterocycles. The largest absolute Gasteiger partial charge is 0.497 e. The molecule has 0 aliphatic rings. The van der Waals surface area contributed by atoms with Crippen LogP contribution in [0.15, 0.2) is 46.0 Å². The Bertz CT molecular complexity index is 914. The number of amides is 1. The lowest BCUT2D eigenvalue weighted by Gasteiger charge is -2.27. The molecule has 148 valence electrons. The Morgan fingerprint density at radius 1 is 1.26 bits per heavy atom. The van der Waals surface area contributed by atoms with Crippen LogP contribution in [0.1, 0.15) is 26.3 Å². The summed E-state index contributed by atoms with van der Waals surface area (Å²) in [7, 11) is -2.31. The molecule has 0 radical (unpaired) electrons. The molecular formula is C18H23BrN2O5S. The van der Waals surface area contributed by atoms with Crippen molar-refractivity contribution in [3.05, 3.63) is 46.7 Å². The first-order valence-electron chi connectivity index (χ1n) is 8.18. The van der Waals surface area contributed by atoms with Gasteiger partial charge >= 0.3 is 6.09 Å². The fourth-order valence-electron chi connectivity index (χ4n) is 2.58. The van der Waals surface area contributed by atoms with Crippen molar-refractivity contribution < 1.29 is 23.1 Å². The van der Waals surface area contributed by atoms with E-state index >= 15 is 0 Å². The fraction of sp³-hybridized carbons (Fsp3) is 0.389. The van der Waals surface area contributed by atoms with Crippen LogP contribution in [-0.2, 0) is 16.6 Å². The number of carboxylic acid groups (broad SMARTS) is 1. The van der Waals surface area contributed by atoms with Crippen molar-refractivity contribution in [1.29, 1.82) is 0 Å². The van der Waals surface area contributed by atoms with E-state index in [-0.39, 0.29) is 16.9 Å². The van der Waals surface area contributed by atoms with Crippen molar-refractivity contribution >= 4 is 32.0 Å². The zero-order valence-corrected chi connectivity index (χ0v) is 18.0. The van der Waals surface area contributed by atoms with Crippen molar-refractivity contribution in [2.45, 2.75) is 32.2 Å². The Balaban J connectivity index is 2.32. The highest BCUT2D eigenvalue weighted by Gasteiger charge is 2.24. The molecule has 27 heavy (non-hydrogen) atoms. The molecule has 1 amide bonds. The predicted octanol–water partition coefficient (Wildman–Crippen LogP) is 4.02. The van der Waals surface area contributed by atoms with Crippen molar-refractivity contribution in [3.63, 3.8) is 0 Å². The molecule has 1 aromatic heterocycles. The van der Waals surface area contributed by atoms with Gasteiger partial charge in [-0.25, -0.2) is 17.2 Å². The van der Waals surface area contributed by atoms with Gasteiger partial charge in [0, 0.05) is 12.7 Å². The van der Waals surface area contributed by atoms with Crippen LogP contribution >= 0.6 is 15.9 Å². The predicted molar refractivity (Wildman–Crippen MR) is 106 cm³/mol. The van der Waals surface area contributed by atoms with E-state index in [4.69, 9.17) is 4.74 Å². The van der Waals surface area contributed by atoms with Gasteiger partial charge in [-0.05, 0) is 57.2 Å². The van der Waals surface area contributed by atoms with Gasteiger partial charge in [0.15, 0.2) is 0 Å². The Morgan fingerprint density at radius 3 is 2.33 bits per heavy atom. The topological polar surface area (TPSA) is 88.8 Å². The van der Waals surface area contributed by atoms with Crippen LogP contribution in [0.5, 0.6) is 5.75 Å². The lowest BCUT2D eigenvalue weighted by Crippen LogP contribution is -2.36. The number of methoxy groups -OCH3 is 1. The van der Waals surface area contributed by atoms with E-state index in [1.807, 2.05) is 20.8 Å². The van der Waals surface area contributed by atoms with E-state index in [9.17, 15) is 18.3 Å². The number of rotatable bonds is 6. The van der Waals surface area contributed by atoms with E-state index in [1.165, 1.54) is 30.3 Å². The van der Waals surface area contributed by atoms with Gasteiger partial charge in [0.05, 0.1) is 18.6 Å². The van der Waals surface area contributed by atoms with Gasteiger partial charge in [-0.15, -0.1) is 0 Å². The average Bonchev–Trinajstić information content (AvgIpc) is 2.94. The van der Waals surface area contributed by atoms with Crippen LogP contribution in [0, 0.1) is 5.41 Å². The van der Waals surface area contributed by atoms with Crippen molar-refractivity contribution in [2.75, 3.05) is 13.7 Å². The molecule has 0 saturated heterocycles. The molecule has 1 heterocycles. The SMILES string of the molecule is COc1ccc(S(=O)(=O)n2cc(CN(CC(C)(C)C)C(=O)O)cc2Br)cc1. The Kier molecular flexibility index (Phi) is 6.26. The summed E-state index contributed by atoms with van der Waals surface area (Å²) in [6.45, 7) is 6.25. The number of ether oxygens (including phenoxy) is 1. The minimum atomic E-state index is -3.82. The molecule has 0 unspecified atom stereocenters. The maximum absolute atomic E-state index is 12.9. The maximum Gasteiger partial charge on any atom is 0.407 e. The number of hydrogen-bond acceptors (Lipinski definition) is 4. The van der Waals surface area contributed by atoms with Gasteiger partial charge in [0.25, 0.3) is 10.0 Å². The van der Waals surface area contributed by atoms with Crippen molar-refractivity contribution in [1.82, 2.24) is 8.87 Å². The van der Waals surface area contributed by atoms with Gasteiger partial charge in [-0.3, -0.25) is 0 Å². The van der Waals surface area contributed by atoms with Gasteiger partial charge < -0.3 is 14.7 Å². The van der Waals surface area contributed by atoms with E-state index in [1.54, 1.807) is 18.2 Å². The third-order valence-corrected chi connectivity index (χ3v) is 6.26. The molecule has 0 aliphatic carbocycles. The molecule has 1 N–H and O–H groups in total. The van der Waals surface area contributed by atoms with Gasteiger partial charge in [-0.2, -0.15) is 0 Å². The first kappa shape index (κ1) is 21.3. The molecule has 0 spiro atoms. The van der Waals surface area contributed by atoms with Gasteiger partial charge in [0.2, 0.25) is 0 Å². The first-order valence-corrected chi connectivity index (χ1v) is 10.4. The molecule has 2 aromatic rings. The number of halogens is 1. The van der Waals surface area contributed by atoms with Crippen LogP contribution in [0.4, 0.5) is 4.79 Å². The molecular weight excluding hydrogens is 436 g/mol. The molecule has 0 atom stereocenters. The Morgan fingerprint density at radius 2 is 1.85 bits per heavy atom. The second kappa shape index (κ2) is 7.93. The molecule has 1 aromatic carbocycles. The second-order valence-electron chi connectivity index (χ2n) is 7.35. The highest BCUT2D eigenvalue weighted by molar-refractivity contribution is 9.10. The van der Waals surface area contributed by atoms with Crippen molar-refractivity contribution in [2.24, 2.45) is 5.41 Å². The number of carbonyl (C=O) groups is 1. The summed E-state index contributed by atoms with van der Waals surface area (Å²) in [5, 5.41) is 9.44. The Labute approximate surface area is 167 Å². The number of benzene rings is 1. The van der Waals surface area contributed by atoms with E-state index in [0.29, 0.717) is 22.5 Å². The molecule has 9 heteroatoms. The number of nitrogens with zero attached hydrogens (tertiary/aromatic N) is 2. The van der Waals surface area contributed by atoms with Crippen LogP contribution in [0.2, 0.25) is 0 Å². The Hall–Kier alpha value is -2.00. The number of aromatic nitrogens is 1. The highest BCUT2D eigenvalue weighted by Crippen LogP contribution is 2.25. The summed E-state index contributed by atoms with van der Waals surface area (Å²) in [5.74, 6) is 0.556. The normalized spacial score (nSPS) is 12.0. The average molecular weight is 459 g/mol. The van der Waals surface area contributed by atoms with Crippen LogP contribution in [0.25, 0.3) is 0 Å².